The van der Waals surface area contributed by atoms with E-state index in [1.807, 2.05) is 17.6 Å². The van der Waals surface area contributed by atoms with Crippen LogP contribution < -0.4 is 10.6 Å². The molecule has 0 atom stereocenters. The number of thiazole rings is 1. The van der Waals surface area contributed by atoms with Crippen molar-refractivity contribution in [1.82, 2.24) is 15.2 Å². The fourth-order valence-electron chi connectivity index (χ4n) is 3.42. The fourth-order valence-corrected chi connectivity index (χ4v) is 4.08. The second-order valence-corrected chi connectivity index (χ2v) is 8.15. The van der Waals surface area contributed by atoms with E-state index >= 15 is 0 Å². The molecule has 2 aliphatic rings. The number of hydrogen-bond donors (Lipinski definition) is 2. The van der Waals surface area contributed by atoms with Crippen LogP contribution in [0.25, 0.3) is 0 Å². The molecule has 2 aromatic rings. The highest BCUT2D eigenvalue weighted by molar-refractivity contribution is 7.09. The molecule has 1 saturated heterocycles. The van der Waals surface area contributed by atoms with Gasteiger partial charge in [-0.25, -0.2) is 9.37 Å². The van der Waals surface area contributed by atoms with E-state index in [0.717, 1.165) is 37.5 Å². The Bertz CT molecular complexity index is 755. The van der Waals surface area contributed by atoms with Gasteiger partial charge in [-0.2, -0.15) is 0 Å². The topological polar surface area (TPSA) is 57.3 Å². The van der Waals surface area contributed by atoms with Gasteiger partial charge in [-0.05, 0) is 43.9 Å². The summed E-state index contributed by atoms with van der Waals surface area (Å²) in [4.78, 5) is 19.7. The number of amides is 1. The zero-order chi connectivity index (χ0) is 18.0. The van der Waals surface area contributed by atoms with E-state index in [0.29, 0.717) is 24.6 Å². The second-order valence-electron chi connectivity index (χ2n) is 7.17. The fraction of sp³-hybridized carbons (Fsp3) is 0.474. The molecule has 0 unspecified atom stereocenters. The summed E-state index contributed by atoms with van der Waals surface area (Å²) in [5.41, 5.74) is -0.0280. The van der Waals surface area contributed by atoms with Crippen LogP contribution in [-0.4, -0.2) is 40.5 Å². The Hall–Kier alpha value is -1.99. The minimum Gasteiger partial charge on any atom is -0.371 e. The first kappa shape index (κ1) is 17.4. The Labute approximate surface area is 156 Å². The third-order valence-corrected chi connectivity index (χ3v) is 5.87. The van der Waals surface area contributed by atoms with Crippen LogP contribution in [0, 0.1) is 5.82 Å². The molecule has 1 aromatic heterocycles. The van der Waals surface area contributed by atoms with Crippen LogP contribution >= 0.6 is 11.3 Å². The van der Waals surface area contributed by atoms with Crippen LogP contribution in [0.15, 0.2) is 35.8 Å². The average molecular weight is 374 g/mol. The van der Waals surface area contributed by atoms with Gasteiger partial charge < -0.3 is 10.6 Å². The molecule has 1 aromatic carbocycles. The molecule has 1 aliphatic carbocycles. The molecule has 0 bridgehead atoms. The Balaban J connectivity index is 1.47. The monoisotopic (exact) mass is 374 g/mol. The number of aromatic nitrogens is 1. The molecule has 26 heavy (non-hydrogen) atoms. The molecular formula is C19H23FN4OS. The number of nitrogens with one attached hydrogen (secondary N) is 2. The summed E-state index contributed by atoms with van der Waals surface area (Å²) in [7, 11) is 0. The quantitative estimate of drug-likeness (QED) is 0.816. The van der Waals surface area contributed by atoms with Gasteiger partial charge in [-0.15, -0.1) is 11.3 Å². The summed E-state index contributed by atoms with van der Waals surface area (Å²) in [6.07, 6.45) is 5.31. The molecular weight excluding hydrogens is 351 g/mol. The van der Waals surface area contributed by atoms with E-state index in [1.165, 1.54) is 12.1 Å². The molecule has 2 heterocycles. The van der Waals surface area contributed by atoms with Gasteiger partial charge >= 0.3 is 0 Å². The first-order valence-electron chi connectivity index (χ1n) is 9.08. The standard InChI is InChI=1S/C19H23FN4OS/c20-14-2-1-3-16(12-14)23-19(18(25)22-15-4-5-15)6-9-24(10-7-19)13-17-21-8-11-26-17/h1-3,8,11-12,15,23H,4-7,9-10,13H2,(H,22,25). The Morgan fingerprint density at radius 2 is 2.15 bits per heavy atom. The van der Waals surface area contributed by atoms with E-state index in [1.54, 1.807) is 17.4 Å². The number of carbonyl (C=O) groups excluding carboxylic acids is 1. The lowest BCUT2D eigenvalue weighted by atomic mass is 9.85. The van der Waals surface area contributed by atoms with E-state index in [-0.39, 0.29) is 11.7 Å². The number of hydrogen-bond acceptors (Lipinski definition) is 5. The minimum atomic E-state index is -0.685. The van der Waals surface area contributed by atoms with Gasteiger partial charge in [0.1, 0.15) is 16.4 Å². The molecule has 2 N–H and O–H groups in total. The van der Waals surface area contributed by atoms with Crippen molar-refractivity contribution in [3.63, 3.8) is 0 Å². The summed E-state index contributed by atoms with van der Waals surface area (Å²) < 4.78 is 13.6. The predicted molar refractivity (Wildman–Crippen MR) is 101 cm³/mol. The van der Waals surface area contributed by atoms with E-state index in [9.17, 15) is 9.18 Å². The lowest BCUT2D eigenvalue weighted by molar-refractivity contribution is -0.127. The SMILES string of the molecule is O=C(NC1CC1)C1(Nc2cccc(F)c2)CCN(Cc2nccs2)CC1. The van der Waals surface area contributed by atoms with Crippen molar-refractivity contribution in [2.45, 2.75) is 43.8 Å². The van der Waals surface area contributed by atoms with E-state index in [2.05, 4.69) is 20.5 Å². The number of halogens is 1. The molecule has 138 valence electrons. The number of likely N-dealkylation sites (tertiary alicyclic amines) is 1. The average Bonchev–Trinajstić information content (AvgIpc) is 3.29. The Morgan fingerprint density at radius 3 is 2.81 bits per heavy atom. The second kappa shape index (κ2) is 7.32. The lowest BCUT2D eigenvalue weighted by Crippen LogP contribution is -2.58. The van der Waals surface area contributed by atoms with Gasteiger partial charge in [0.15, 0.2) is 0 Å². The zero-order valence-corrected chi connectivity index (χ0v) is 15.4. The summed E-state index contributed by atoms with van der Waals surface area (Å²) in [6.45, 7) is 2.43. The molecule has 1 amide bonds. The lowest BCUT2D eigenvalue weighted by Gasteiger charge is -2.41. The summed E-state index contributed by atoms with van der Waals surface area (Å²) in [5, 5.41) is 9.57. The number of nitrogens with zero attached hydrogens (tertiary/aromatic N) is 2. The molecule has 1 aliphatic heterocycles. The molecule has 7 heteroatoms. The van der Waals surface area contributed by atoms with Gasteiger partial charge in [-0.1, -0.05) is 6.07 Å². The normalized spacial score (nSPS) is 19.9. The van der Waals surface area contributed by atoms with E-state index < -0.39 is 5.54 Å². The maximum atomic E-state index is 13.6. The molecule has 0 spiro atoms. The van der Waals surface area contributed by atoms with Crippen molar-refractivity contribution in [3.8, 4) is 0 Å². The van der Waals surface area contributed by atoms with Crippen LogP contribution in [0.2, 0.25) is 0 Å². The molecule has 0 radical (unpaired) electrons. The predicted octanol–water partition coefficient (Wildman–Crippen LogP) is 3.01. The third kappa shape index (κ3) is 4.04. The number of carbonyl (C=O) groups is 1. The molecule has 5 nitrogen and oxygen atoms in total. The number of piperidine rings is 1. The van der Waals surface area contributed by atoms with Crippen LogP contribution in [0.3, 0.4) is 0 Å². The van der Waals surface area contributed by atoms with Crippen molar-refractivity contribution in [2.24, 2.45) is 0 Å². The molecule has 4 rings (SSSR count). The summed E-state index contributed by atoms with van der Waals surface area (Å²) in [6, 6.07) is 6.66. The summed E-state index contributed by atoms with van der Waals surface area (Å²) in [5.74, 6) is -0.257. The van der Waals surface area contributed by atoms with Crippen molar-refractivity contribution in [3.05, 3.63) is 46.7 Å². The van der Waals surface area contributed by atoms with Crippen molar-refractivity contribution < 1.29 is 9.18 Å². The maximum Gasteiger partial charge on any atom is 0.245 e. The van der Waals surface area contributed by atoms with Gasteiger partial charge in [0.25, 0.3) is 0 Å². The van der Waals surface area contributed by atoms with Gasteiger partial charge in [0.05, 0.1) is 6.54 Å². The largest absolute Gasteiger partial charge is 0.371 e. The third-order valence-electron chi connectivity index (χ3n) is 5.11. The summed E-state index contributed by atoms with van der Waals surface area (Å²) >= 11 is 1.65. The van der Waals surface area contributed by atoms with Crippen molar-refractivity contribution >= 4 is 22.9 Å². The van der Waals surface area contributed by atoms with Crippen molar-refractivity contribution in [2.75, 3.05) is 18.4 Å². The number of anilines is 1. The van der Waals surface area contributed by atoms with Crippen LogP contribution in [0.4, 0.5) is 10.1 Å². The van der Waals surface area contributed by atoms with Crippen molar-refractivity contribution in [1.29, 1.82) is 0 Å². The minimum absolute atomic E-state index is 0.0400. The molecule has 1 saturated carbocycles. The van der Waals surface area contributed by atoms with Crippen LogP contribution in [0.1, 0.15) is 30.7 Å². The first-order valence-corrected chi connectivity index (χ1v) is 9.96. The van der Waals surface area contributed by atoms with Gasteiger partial charge in [-0.3, -0.25) is 9.69 Å². The highest BCUT2D eigenvalue weighted by Crippen LogP contribution is 2.30. The van der Waals surface area contributed by atoms with Crippen LogP contribution in [-0.2, 0) is 11.3 Å². The van der Waals surface area contributed by atoms with Crippen LogP contribution in [0.5, 0.6) is 0 Å². The highest BCUT2D eigenvalue weighted by Gasteiger charge is 2.43. The van der Waals surface area contributed by atoms with Gasteiger partial charge in [0, 0.05) is 36.4 Å². The Morgan fingerprint density at radius 1 is 1.35 bits per heavy atom. The number of benzene rings is 1. The Kier molecular flexibility index (Phi) is 4.91. The van der Waals surface area contributed by atoms with E-state index in [4.69, 9.17) is 0 Å². The zero-order valence-electron chi connectivity index (χ0n) is 14.6. The first-order chi connectivity index (χ1) is 12.6. The maximum absolute atomic E-state index is 13.6. The smallest absolute Gasteiger partial charge is 0.245 e. The van der Waals surface area contributed by atoms with Gasteiger partial charge in [0.2, 0.25) is 5.91 Å². The molecule has 2 fully saturated rings. The highest BCUT2D eigenvalue weighted by atomic mass is 32.1. The number of rotatable bonds is 6.